The molecule has 3 aliphatic rings. The average Bonchev–Trinajstić information content (AvgIpc) is 3.25. The summed E-state index contributed by atoms with van der Waals surface area (Å²) in [5.74, 6) is 1.85. The number of benzene rings is 1. The number of piperidine rings is 2. The lowest BCUT2D eigenvalue weighted by molar-refractivity contribution is -0.134. The number of nitrogens with zero attached hydrogens (tertiary/aromatic N) is 5. The molecule has 6 nitrogen and oxygen atoms in total. The Balaban J connectivity index is 1.32. The number of fused-ring (bicyclic) bond motifs is 1. The maximum atomic E-state index is 13.6. The summed E-state index contributed by atoms with van der Waals surface area (Å²) >= 11 is 1.46. The molecule has 1 aromatic heterocycles. The van der Waals surface area contributed by atoms with Crippen molar-refractivity contribution in [3.63, 3.8) is 0 Å². The first-order valence-corrected chi connectivity index (χ1v) is 13.5. The number of likely N-dealkylation sites (tertiary alicyclic amines) is 2. The van der Waals surface area contributed by atoms with Gasteiger partial charge in [0.2, 0.25) is 5.91 Å². The molecule has 1 aromatic carbocycles. The summed E-state index contributed by atoms with van der Waals surface area (Å²) in [5.41, 5.74) is 0.841. The molecule has 0 N–H and O–H groups in total. The SMILES string of the molecule is O=C(CSc1nnc(CN2CCCCC2)n1-c1ccc(F)cc1)N1CCCC2CCCCC21. The first-order valence-electron chi connectivity index (χ1n) is 12.5. The minimum absolute atomic E-state index is 0.211. The highest BCUT2D eigenvalue weighted by Gasteiger charge is 2.35. The lowest BCUT2D eigenvalue weighted by atomic mass is 9.78. The van der Waals surface area contributed by atoms with E-state index in [1.54, 1.807) is 12.1 Å². The Bertz CT molecular complexity index is 941. The minimum atomic E-state index is -0.263. The van der Waals surface area contributed by atoms with Gasteiger partial charge in [-0.25, -0.2) is 4.39 Å². The smallest absolute Gasteiger partial charge is 0.233 e. The van der Waals surface area contributed by atoms with Gasteiger partial charge in [0, 0.05) is 18.3 Å². The maximum absolute atomic E-state index is 13.6. The van der Waals surface area contributed by atoms with E-state index in [4.69, 9.17) is 0 Å². The minimum Gasteiger partial charge on any atom is -0.339 e. The van der Waals surface area contributed by atoms with Crippen molar-refractivity contribution in [2.75, 3.05) is 25.4 Å². The van der Waals surface area contributed by atoms with Crippen molar-refractivity contribution in [1.29, 1.82) is 0 Å². The molecule has 1 aliphatic carbocycles. The number of carbonyl (C=O) groups is 1. The summed E-state index contributed by atoms with van der Waals surface area (Å²) in [6.07, 6.45) is 11.0. The topological polar surface area (TPSA) is 54.3 Å². The fourth-order valence-corrected chi connectivity index (χ4v) is 6.66. The van der Waals surface area contributed by atoms with E-state index in [0.717, 1.165) is 50.5 Å². The second-order valence-electron chi connectivity index (χ2n) is 9.68. The number of halogens is 1. The molecule has 3 heterocycles. The van der Waals surface area contributed by atoms with Gasteiger partial charge in [0.1, 0.15) is 5.82 Å². The van der Waals surface area contributed by atoms with E-state index in [1.807, 2.05) is 4.57 Å². The summed E-state index contributed by atoms with van der Waals surface area (Å²) in [6, 6.07) is 6.89. The summed E-state index contributed by atoms with van der Waals surface area (Å²) in [6.45, 7) is 3.73. The van der Waals surface area contributed by atoms with Crippen LogP contribution in [0.1, 0.15) is 63.6 Å². The molecule has 0 bridgehead atoms. The van der Waals surface area contributed by atoms with E-state index in [1.165, 1.54) is 68.8 Å². The third-order valence-electron chi connectivity index (χ3n) is 7.49. The van der Waals surface area contributed by atoms with Crippen LogP contribution in [0, 0.1) is 11.7 Å². The molecule has 8 heteroatoms. The molecule has 0 spiro atoms. The van der Waals surface area contributed by atoms with Crippen molar-refractivity contribution in [3.05, 3.63) is 35.9 Å². The van der Waals surface area contributed by atoms with E-state index in [2.05, 4.69) is 20.0 Å². The lowest BCUT2D eigenvalue weighted by Crippen LogP contribution is -2.50. The number of hydrogen-bond donors (Lipinski definition) is 0. The monoisotopic (exact) mass is 471 g/mol. The zero-order valence-corrected chi connectivity index (χ0v) is 20.1. The lowest BCUT2D eigenvalue weighted by Gasteiger charge is -2.44. The number of hydrogen-bond acceptors (Lipinski definition) is 5. The van der Waals surface area contributed by atoms with Gasteiger partial charge in [-0.2, -0.15) is 0 Å². The van der Waals surface area contributed by atoms with Crippen LogP contribution in [-0.2, 0) is 11.3 Å². The Hall–Kier alpha value is -1.93. The summed E-state index contributed by atoms with van der Waals surface area (Å²) < 4.78 is 15.6. The van der Waals surface area contributed by atoms with Gasteiger partial charge in [-0.1, -0.05) is 31.0 Å². The van der Waals surface area contributed by atoms with Crippen LogP contribution >= 0.6 is 11.8 Å². The normalized spacial score (nSPS) is 24.0. The first kappa shape index (κ1) is 22.8. The van der Waals surface area contributed by atoms with Gasteiger partial charge in [0.15, 0.2) is 11.0 Å². The Kier molecular flexibility index (Phi) is 7.30. The largest absolute Gasteiger partial charge is 0.339 e. The zero-order chi connectivity index (χ0) is 22.6. The Morgan fingerprint density at radius 1 is 0.939 bits per heavy atom. The molecular weight excluding hydrogens is 437 g/mol. The van der Waals surface area contributed by atoms with E-state index >= 15 is 0 Å². The van der Waals surface area contributed by atoms with Crippen LogP contribution in [0.15, 0.2) is 29.4 Å². The van der Waals surface area contributed by atoms with Crippen molar-refractivity contribution in [1.82, 2.24) is 24.6 Å². The van der Waals surface area contributed by atoms with E-state index in [9.17, 15) is 9.18 Å². The van der Waals surface area contributed by atoms with Crippen molar-refractivity contribution in [2.24, 2.45) is 5.92 Å². The molecule has 1 saturated carbocycles. The number of rotatable bonds is 6. The number of carbonyl (C=O) groups excluding carboxylic acids is 1. The van der Waals surface area contributed by atoms with E-state index in [-0.39, 0.29) is 11.7 Å². The van der Waals surface area contributed by atoms with E-state index < -0.39 is 0 Å². The summed E-state index contributed by atoms with van der Waals surface area (Å²) in [4.78, 5) is 17.8. The van der Waals surface area contributed by atoms with Gasteiger partial charge in [-0.3, -0.25) is 14.3 Å². The van der Waals surface area contributed by atoms with Crippen LogP contribution < -0.4 is 0 Å². The molecule has 2 aromatic rings. The van der Waals surface area contributed by atoms with Gasteiger partial charge in [0.25, 0.3) is 0 Å². The summed E-state index contributed by atoms with van der Waals surface area (Å²) in [5, 5.41) is 9.67. The van der Waals surface area contributed by atoms with Gasteiger partial charge in [-0.15, -0.1) is 10.2 Å². The molecular formula is C25H34FN5OS. The van der Waals surface area contributed by atoms with Crippen molar-refractivity contribution in [3.8, 4) is 5.69 Å². The molecule has 5 rings (SSSR count). The maximum Gasteiger partial charge on any atom is 0.233 e. The molecule has 2 unspecified atom stereocenters. The van der Waals surface area contributed by atoms with Crippen LogP contribution in [-0.4, -0.2) is 61.9 Å². The number of aromatic nitrogens is 3. The van der Waals surface area contributed by atoms with Gasteiger partial charge in [0.05, 0.1) is 12.3 Å². The van der Waals surface area contributed by atoms with E-state index in [0.29, 0.717) is 22.9 Å². The highest BCUT2D eigenvalue weighted by atomic mass is 32.2. The molecule has 2 atom stereocenters. The van der Waals surface area contributed by atoms with Crippen LogP contribution in [0.2, 0.25) is 0 Å². The number of thioether (sulfide) groups is 1. The first-order chi connectivity index (χ1) is 16.2. The predicted octanol–water partition coefficient (Wildman–Crippen LogP) is 4.67. The quantitative estimate of drug-likeness (QED) is 0.574. The van der Waals surface area contributed by atoms with Gasteiger partial charge in [-0.05, 0) is 81.8 Å². The molecule has 1 amide bonds. The van der Waals surface area contributed by atoms with Gasteiger partial charge >= 0.3 is 0 Å². The van der Waals surface area contributed by atoms with Crippen LogP contribution in [0.5, 0.6) is 0 Å². The molecule has 33 heavy (non-hydrogen) atoms. The number of amides is 1. The molecule has 2 aliphatic heterocycles. The Labute approximate surface area is 199 Å². The highest BCUT2D eigenvalue weighted by molar-refractivity contribution is 7.99. The summed E-state index contributed by atoms with van der Waals surface area (Å²) in [7, 11) is 0. The second-order valence-corrected chi connectivity index (χ2v) is 10.6. The molecule has 178 valence electrons. The second kappa shape index (κ2) is 10.6. The zero-order valence-electron chi connectivity index (χ0n) is 19.3. The fraction of sp³-hybridized carbons (Fsp3) is 0.640. The van der Waals surface area contributed by atoms with Crippen molar-refractivity contribution < 1.29 is 9.18 Å². The average molecular weight is 472 g/mol. The molecule has 3 fully saturated rings. The van der Waals surface area contributed by atoms with Crippen LogP contribution in [0.4, 0.5) is 4.39 Å². The molecule has 2 saturated heterocycles. The predicted molar refractivity (Wildman–Crippen MR) is 128 cm³/mol. The Morgan fingerprint density at radius 2 is 1.70 bits per heavy atom. The fourth-order valence-electron chi connectivity index (χ4n) is 5.81. The van der Waals surface area contributed by atoms with Crippen LogP contribution in [0.25, 0.3) is 5.69 Å². The van der Waals surface area contributed by atoms with Crippen LogP contribution in [0.3, 0.4) is 0 Å². The third-order valence-corrected chi connectivity index (χ3v) is 8.40. The third kappa shape index (κ3) is 5.27. The van der Waals surface area contributed by atoms with Crippen molar-refractivity contribution in [2.45, 2.75) is 75.5 Å². The molecule has 0 radical (unpaired) electrons. The highest BCUT2D eigenvalue weighted by Crippen LogP contribution is 2.36. The Morgan fingerprint density at radius 3 is 2.52 bits per heavy atom. The van der Waals surface area contributed by atoms with Crippen molar-refractivity contribution >= 4 is 17.7 Å². The standard InChI is InChI=1S/C25H34FN5OS/c26-20-10-12-21(13-11-20)31-23(17-29-14-4-1-5-15-29)27-28-25(31)33-18-24(32)30-16-6-8-19-7-2-3-9-22(19)30/h10-13,19,22H,1-9,14-18H2. The van der Waals surface area contributed by atoms with Gasteiger partial charge < -0.3 is 4.90 Å².